The maximum absolute atomic E-state index is 11.9. The van der Waals surface area contributed by atoms with E-state index in [1.54, 1.807) is 7.11 Å². The molecule has 0 saturated carbocycles. The van der Waals surface area contributed by atoms with Crippen molar-refractivity contribution in [3.63, 3.8) is 0 Å². The largest absolute Gasteiger partial charge is 0.486 e. The number of carbonyl (C=O) groups excluding carboxylic acids is 1. The van der Waals surface area contributed by atoms with E-state index in [0.717, 1.165) is 17.1 Å². The van der Waals surface area contributed by atoms with Crippen molar-refractivity contribution in [2.75, 3.05) is 26.9 Å². The van der Waals surface area contributed by atoms with E-state index in [2.05, 4.69) is 5.32 Å². The van der Waals surface area contributed by atoms with E-state index in [9.17, 15) is 4.79 Å². The van der Waals surface area contributed by atoms with Gasteiger partial charge in [0.1, 0.15) is 13.2 Å². The lowest BCUT2D eigenvalue weighted by molar-refractivity contribution is -0.124. The second-order valence-corrected chi connectivity index (χ2v) is 4.99. The van der Waals surface area contributed by atoms with Crippen molar-refractivity contribution < 1.29 is 19.0 Å². The number of nitrogens with two attached hydrogens (primary N) is 1. The molecule has 2 unspecified atom stereocenters. The fourth-order valence-electron chi connectivity index (χ4n) is 2.18. The smallest absolute Gasteiger partial charge is 0.223 e. The minimum absolute atomic E-state index is 0.0883. The number of amides is 1. The highest BCUT2D eigenvalue weighted by atomic mass is 16.6. The summed E-state index contributed by atoms with van der Waals surface area (Å²) < 4.78 is 16.1. The van der Waals surface area contributed by atoms with E-state index in [-0.39, 0.29) is 24.5 Å². The Labute approximate surface area is 124 Å². The molecular formula is C15H22N2O4. The average Bonchev–Trinajstić information content (AvgIpc) is 2.52. The minimum atomic E-state index is -0.252. The van der Waals surface area contributed by atoms with Gasteiger partial charge in [-0.3, -0.25) is 4.79 Å². The summed E-state index contributed by atoms with van der Waals surface area (Å²) in [7, 11) is 1.55. The lowest BCUT2D eigenvalue weighted by atomic mass is 10.1. The summed E-state index contributed by atoms with van der Waals surface area (Å²) in [4.78, 5) is 11.9. The predicted octanol–water partition coefficient (Wildman–Crippen LogP) is 0.999. The van der Waals surface area contributed by atoms with E-state index in [0.29, 0.717) is 19.8 Å². The zero-order valence-electron chi connectivity index (χ0n) is 12.4. The molecule has 1 aliphatic heterocycles. The molecule has 0 radical (unpaired) electrons. The maximum Gasteiger partial charge on any atom is 0.223 e. The summed E-state index contributed by atoms with van der Waals surface area (Å²) in [6.45, 7) is 3.36. The Bertz CT molecular complexity index is 489. The Hall–Kier alpha value is -1.79. The van der Waals surface area contributed by atoms with Crippen LogP contribution < -0.4 is 20.5 Å². The van der Waals surface area contributed by atoms with Crippen LogP contribution in [-0.4, -0.2) is 38.9 Å². The van der Waals surface area contributed by atoms with Crippen LogP contribution in [0.1, 0.15) is 24.9 Å². The molecule has 6 nitrogen and oxygen atoms in total. The third kappa shape index (κ3) is 4.09. The Morgan fingerprint density at radius 2 is 2.10 bits per heavy atom. The van der Waals surface area contributed by atoms with Crippen molar-refractivity contribution >= 4 is 5.91 Å². The van der Waals surface area contributed by atoms with Crippen LogP contribution in [0.3, 0.4) is 0 Å². The van der Waals surface area contributed by atoms with Crippen molar-refractivity contribution in [1.82, 2.24) is 5.32 Å². The van der Waals surface area contributed by atoms with Crippen LogP contribution in [0.25, 0.3) is 0 Å². The monoisotopic (exact) mass is 294 g/mol. The zero-order valence-corrected chi connectivity index (χ0v) is 12.4. The fraction of sp³-hybridized carbons (Fsp3) is 0.533. The molecule has 0 aromatic heterocycles. The Kier molecular flexibility index (Phi) is 5.41. The molecular weight excluding hydrogens is 272 g/mol. The van der Waals surface area contributed by atoms with Crippen LogP contribution in [0, 0.1) is 0 Å². The molecule has 0 bridgehead atoms. The van der Waals surface area contributed by atoms with E-state index < -0.39 is 0 Å². The van der Waals surface area contributed by atoms with Gasteiger partial charge in [0.2, 0.25) is 5.91 Å². The number of benzene rings is 1. The molecule has 21 heavy (non-hydrogen) atoms. The van der Waals surface area contributed by atoms with Crippen LogP contribution in [0.4, 0.5) is 0 Å². The molecule has 0 spiro atoms. The first-order valence-corrected chi connectivity index (χ1v) is 7.05. The highest BCUT2D eigenvalue weighted by molar-refractivity contribution is 5.77. The van der Waals surface area contributed by atoms with Gasteiger partial charge in [-0.25, -0.2) is 0 Å². The van der Waals surface area contributed by atoms with Crippen LogP contribution in [0.5, 0.6) is 11.5 Å². The van der Waals surface area contributed by atoms with Gasteiger partial charge < -0.3 is 25.3 Å². The number of nitrogens with one attached hydrogen (secondary N) is 1. The number of fused-ring (bicyclic) bond motifs is 1. The van der Waals surface area contributed by atoms with Gasteiger partial charge in [-0.1, -0.05) is 6.07 Å². The van der Waals surface area contributed by atoms with Gasteiger partial charge in [-0.2, -0.15) is 0 Å². The van der Waals surface area contributed by atoms with E-state index >= 15 is 0 Å². The standard InChI is InChI=1S/C15H22N2O4/c1-10(17-15(18)8-12(9-16)19-2)11-3-4-13-14(7-11)21-6-5-20-13/h3-4,7,10,12H,5-6,8-9,16H2,1-2H3,(H,17,18). The van der Waals surface area contributed by atoms with Crippen LogP contribution in [0.15, 0.2) is 18.2 Å². The summed E-state index contributed by atoms with van der Waals surface area (Å²) in [6, 6.07) is 5.57. The number of hydrogen-bond acceptors (Lipinski definition) is 5. The summed E-state index contributed by atoms with van der Waals surface area (Å²) in [5.74, 6) is 1.37. The van der Waals surface area contributed by atoms with Gasteiger partial charge in [0.25, 0.3) is 0 Å². The number of hydrogen-bond donors (Lipinski definition) is 2. The lowest BCUT2D eigenvalue weighted by Gasteiger charge is -2.21. The highest BCUT2D eigenvalue weighted by Crippen LogP contribution is 2.32. The SMILES string of the molecule is COC(CN)CC(=O)NC(C)c1ccc2c(c1)OCCO2. The quantitative estimate of drug-likeness (QED) is 0.818. The van der Waals surface area contributed by atoms with E-state index in [1.807, 2.05) is 25.1 Å². The molecule has 1 aliphatic rings. The molecule has 0 saturated heterocycles. The average molecular weight is 294 g/mol. The van der Waals surface area contributed by atoms with E-state index in [1.165, 1.54) is 0 Å². The fourth-order valence-corrected chi connectivity index (χ4v) is 2.18. The van der Waals surface area contributed by atoms with Gasteiger partial charge in [0, 0.05) is 13.7 Å². The molecule has 1 heterocycles. The molecule has 0 aliphatic carbocycles. The van der Waals surface area contributed by atoms with Crippen molar-refractivity contribution in [3.8, 4) is 11.5 Å². The van der Waals surface area contributed by atoms with Gasteiger partial charge in [0.15, 0.2) is 11.5 Å². The van der Waals surface area contributed by atoms with Gasteiger partial charge >= 0.3 is 0 Å². The first kappa shape index (κ1) is 15.6. The summed E-state index contributed by atoms with van der Waals surface area (Å²) in [5, 5.41) is 2.93. The Morgan fingerprint density at radius 1 is 1.38 bits per heavy atom. The van der Waals surface area contributed by atoms with Crippen molar-refractivity contribution in [1.29, 1.82) is 0 Å². The number of carbonyl (C=O) groups is 1. The molecule has 1 amide bonds. The normalized spacial score (nSPS) is 16.1. The Balaban J connectivity index is 1.96. The predicted molar refractivity (Wildman–Crippen MR) is 78.5 cm³/mol. The van der Waals surface area contributed by atoms with Crippen LogP contribution in [-0.2, 0) is 9.53 Å². The van der Waals surface area contributed by atoms with Crippen molar-refractivity contribution in [3.05, 3.63) is 23.8 Å². The third-order valence-electron chi connectivity index (χ3n) is 3.45. The molecule has 0 fully saturated rings. The first-order chi connectivity index (χ1) is 10.1. The molecule has 116 valence electrons. The van der Waals surface area contributed by atoms with E-state index in [4.69, 9.17) is 19.9 Å². The lowest BCUT2D eigenvalue weighted by Crippen LogP contribution is -2.33. The molecule has 1 aromatic rings. The summed E-state index contributed by atoms with van der Waals surface area (Å²) in [6.07, 6.45) is -0.000469. The number of methoxy groups -OCH3 is 1. The molecule has 6 heteroatoms. The number of rotatable bonds is 6. The van der Waals surface area contributed by atoms with Gasteiger partial charge in [0.05, 0.1) is 18.6 Å². The molecule has 2 rings (SSSR count). The minimum Gasteiger partial charge on any atom is -0.486 e. The Morgan fingerprint density at radius 3 is 2.76 bits per heavy atom. The maximum atomic E-state index is 11.9. The topological polar surface area (TPSA) is 82.8 Å². The third-order valence-corrected chi connectivity index (χ3v) is 3.45. The van der Waals surface area contributed by atoms with Gasteiger partial charge in [-0.05, 0) is 24.6 Å². The molecule has 3 N–H and O–H groups in total. The summed E-state index contributed by atoms with van der Waals surface area (Å²) >= 11 is 0. The van der Waals surface area contributed by atoms with Crippen molar-refractivity contribution in [2.24, 2.45) is 5.73 Å². The second-order valence-electron chi connectivity index (χ2n) is 4.99. The summed E-state index contributed by atoms with van der Waals surface area (Å²) in [5.41, 5.74) is 6.48. The first-order valence-electron chi connectivity index (χ1n) is 7.05. The zero-order chi connectivity index (χ0) is 15.2. The van der Waals surface area contributed by atoms with Crippen LogP contribution in [0.2, 0.25) is 0 Å². The molecule has 1 aromatic carbocycles. The van der Waals surface area contributed by atoms with Crippen LogP contribution >= 0.6 is 0 Å². The van der Waals surface area contributed by atoms with Gasteiger partial charge in [-0.15, -0.1) is 0 Å². The van der Waals surface area contributed by atoms with Crippen molar-refractivity contribution in [2.45, 2.75) is 25.5 Å². The molecule has 2 atom stereocenters. The number of ether oxygens (including phenoxy) is 3. The highest BCUT2D eigenvalue weighted by Gasteiger charge is 2.17. The second kappa shape index (κ2) is 7.28.